The molecule has 0 fully saturated rings. The number of methoxy groups -OCH3 is 1. The normalized spacial score (nSPS) is 10.6. The number of benzene rings is 2. The zero-order chi connectivity index (χ0) is 14.8. The second kappa shape index (κ2) is 5.24. The minimum Gasteiger partial charge on any atom is -0.496 e. The summed E-state index contributed by atoms with van der Waals surface area (Å²) in [7, 11) is 1.58. The molecule has 1 aromatic heterocycles. The standard InChI is InChI=1S/C15H13FN4O/c1-21-13-7-6-11(17)8-12(13)15-18-14(19-20-15)9-2-4-10(16)5-3-9/h2-8H,17H2,1H3,(H,18,19,20). The predicted octanol–water partition coefficient (Wildman–Crippen LogP) is 2.87. The third-order valence-corrected chi connectivity index (χ3v) is 3.07. The Bertz CT molecular complexity index is 768. The van der Waals surface area contributed by atoms with Crippen LogP contribution in [-0.2, 0) is 0 Å². The molecule has 0 atom stereocenters. The summed E-state index contributed by atoms with van der Waals surface area (Å²) in [4.78, 5) is 4.41. The quantitative estimate of drug-likeness (QED) is 0.725. The zero-order valence-electron chi connectivity index (χ0n) is 11.3. The van der Waals surface area contributed by atoms with Crippen LogP contribution in [0.5, 0.6) is 5.75 Å². The van der Waals surface area contributed by atoms with Gasteiger partial charge in [-0.25, -0.2) is 9.37 Å². The third kappa shape index (κ3) is 2.55. The summed E-state index contributed by atoms with van der Waals surface area (Å²) in [6, 6.07) is 11.3. The van der Waals surface area contributed by atoms with Crippen molar-refractivity contribution in [1.29, 1.82) is 0 Å². The van der Waals surface area contributed by atoms with Crippen molar-refractivity contribution in [2.24, 2.45) is 0 Å². The number of rotatable bonds is 3. The molecule has 6 heteroatoms. The first kappa shape index (κ1) is 13.1. The van der Waals surface area contributed by atoms with Crippen LogP contribution in [0.2, 0.25) is 0 Å². The smallest absolute Gasteiger partial charge is 0.181 e. The van der Waals surface area contributed by atoms with Crippen LogP contribution in [0.15, 0.2) is 42.5 Å². The monoisotopic (exact) mass is 284 g/mol. The van der Waals surface area contributed by atoms with E-state index < -0.39 is 0 Å². The Labute approximate surface area is 120 Å². The van der Waals surface area contributed by atoms with Gasteiger partial charge in [0, 0.05) is 11.3 Å². The summed E-state index contributed by atoms with van der Waals surface area (Å²) in [6.07, 6.45) is 0. The largest absolute Gasteiger partial charge is 0.496 e. The lowest BCUT2D eigenvalue weighted by Gasteiger charge is -2.06. The summed E-state index contributed by atoms with van der Waals surface area (Å²) in [5, 5.41) is 6.99. The Hall–Kier alpha value is -2.89. The van der Waals surface area contributed by atoms with Crippen LogP contribution in [0.3, 0.4) is 0 Å². The van der Waals surface area contributed by atoms with Gasteiger partial charge in [0.05, 0.1) is 12.7 Å². The van der Waals surface area contributed by atoms with Crippen molar-refractivity contribution in [3.63, 3.8) is 0 Å². The van der Waals surface area contributed by atoms with Gasteiger partial charge < -0.3 is 10.5 Å². The summed E-state index contributed by atoms with van der Waals surface area (Å²) >= 11 is 0. The zero-order valence-corrected chi connectivity index (χ0v) is 11.3. The van der Waals surface area contributed by atoms with Gasteiger partial charge in [-0.15, -0.1) is 0 Å². The Morgan fingerprint density at radius 2 is 1.90 bits per heavy atom. The topological polar surface area (TPSA) is 76.8 Å². The number of ether oxygens (including phenoxy) is 1. The Morgan fingerprint density at radius 1 is 1.14 bits per heavy atom. The molecule has 1 heterocycles. The lowest BCUT2D eigenvalue weighted by molar-refractivity contribution is 0.416. The average molecular weight is 284 g/mol. The molecule has 0 spiro atoms. The first-order valence-electron chi connectivity index (χ1n) is 6.29. The van der Waals surface area contributed by atoms with E-state index in [1.165, 1.54) is 12.1 Å². The average Bonchev–Trinajstić information content (AvgIpc) is 2.97. The molecule has 3 aromatic rings. The fourth-order valence-electron chi connectivity index (χ4n) is 2.02. The van der Waals surface area contributed by atoms with Crippen LogP contribution in [0.1, 0.15) is 0 Å². The van der Waals surface area contributed by atoms with E-state index in [4.69, 9.17) is 10.5 Å². The van der Waals surface area contributed by atoms with Crippen molar-refractivity contribution in [1.82, 2.24) is 15.2 Å². The van der Waals surface area contributed by atoms with E-state index in [1.54, 1.807) is 37.4 Å². The van der Waals surface area contributed by atoms with Crippen LogP contribution in [0.25, 0.3) is 22.8 Å². The first-order chi connectivity index (χ1) is 10.2. The maximum atomic E-state index is 12.9. The van der Waals surface area contributed by atoms with E-state index in [0.717, 1.165) is 11.1 Å². The number of nitrogen functional groups attached to an aromatic ring is 1. The Kier molecular flexibility index (Phi) is 3.27. The maximum absolute atomic E-state index is 12.9. The van der Waals surface area contributed by atoms with Crippen molar-refractivity contribution < 1.29 is 9.13 Å². The van der Waals surface area contributed by atoms with Gasteiger partial charge in [0.25, 0.3) is 0 Å². The van der Waals surface area contributed by atoms with E-state index in [2.05, 4.69) is 15.2 Å². The van der Waals surface area contributed by atoms with Crippen LogP contribution < -0.4 is 10.5 Å². The Balaban J connectivity index is 2.02. The van der Waals surface area contributed by atoms with Crippen molar-refractivity contribution in [2.45, 2.75) is 0 Å². The minimum absolute atomic E-state index is 0.299. The highest BCUT2D eigenvalue weighted by molar-refractivity contribution is 5.70. The molecule has 3 N–H and O–H groups in total. The molecular weight excluding hydrogens is 271 g/mol. The molecule has 0 saturated carbocycles. The predicted molar refractivity (Wildman–Crippen MR) is 78.2 cm³/mol. The van der Waals surface area contributed by atoms with Gasteiger partial charge in [0.15, 0.2) is 11.6 Å². The molecule has 2 aromatic carbocycles. The number of anilines is 1. The molecule has 106 valence electrons. The van der Waals surface area contributed by atoms with Crippen molar-refractivity contribution in [2.75, 3.05) is 12.8 Å². The molecule has 0 saturated heterocycles. The first-order valence-corrected chi connectivity index (χ1v) is 6.29. The molecule has 0 aliphatic carbocycles. The lowest BCUT2D eigenvalue weighted by Crippen LogP contribution is -1.92. The van der Waals surface area contributed by atoms with E-state index in [-0.39, 0.29) is 5.82 Å². The van der Waals surface area contributed by atoms with E-state index >= 15 is 0 Å². The summed E-state index contributed by atoms with van der Waals surface area (Å²) in [6.45, 7) is 0. The highest BCUT2D eigenvalue weighted by Crippen LogP contribution is 2.30. The lowest BCUT2D eigenvalue weighted by atomic mass is 10.1. The van der Waals surface area contributed by atoms with Gasteiger partial charge in [-0.05, 0) is 42.5 Å². The maximum Gasteiger partial charge on any atom is 0.181 e. The molecule has 21 heavy (non-hydrogen) atoms. The molecule has 0 amide bonds. The number of aromatic nitrogens is 3. The highest BCUT2D eigenvalue weighted by atomic mass is 19.1. The van der Waals surface area contributed by atoms with E-state index in [0.29, 0.717) is 23.1 Å². The molecule has 0 bridgehead atoms. The molecule has 3 rings (SSSR count). The fourth-order valence-corrected chi connectivity index (χ4v) is 2.02. The van der Waals surface area contributed by atoms with Gasteiger partial charge in [-0.3, -0.25) is 5.10 Å². The molecule has 5 nitrogen and oxygen atoms in total. The summed E-state index contributed by atoms with van der Waals surface area (Å²) in [5.41, 5.74) is 7.84. The molecule has 0 unspecified atom stereocenters. The minimum atomic E-state index is -0.299. The van der Waals surface area contributed by atoms with Crippen LogP contribution >= 0.6 is 0 Å². The molecule has 0 aliphatic rings. The van der Waals surface area contributed by atoms with Crippen molar-refractivity contribution in [3.8, 4) is 28.5 Å². The second-order valence-electron chi connectivity index (χ2n) is 4.47. The summed E-state index contributed by atoms with van der Waals surface area (Å²) in [5.74, 6) is 1.37. The van der Waals surface area contributed by atoms with Gasteiger partial charge in [0.1, 0.15) is 11.6 Å². The van der Waals surface area contributed by atoms with Crippen molar-refractivity contribution >= 4 is 5.69 Å². The fraction of sp³-hybridized carbons (Fsp3) is 0.0667. The van der Waals surface area contributed by atoms with Gasteiger partial charge >= 0.3 is 0 Å². The van der Waals surface area contributed by atoms with Crippen LogP contribution in [-0.4, -0.2) is 22.3 Å². The number of nitrogens with two attached hydrogens (primary N) is 1. The number of hydrogen-bond donors (Lipinski definition) is 2. The number of nitrogens with one attached hydrogen (secondary N) is 1. The molecular formula is C15H13FN4O. The van der Waals surface area contributed by atoms with Gasteiger partial charge in [-0.2, -0.15) is 5.10 Å². The number of H-pyrrole nitrogens is 1. The van der Waals surface area contributed by atoms with Gasteiger partial charge in [0.2, 0.25) is 0 Å². The number of hydrogen-bond acceptors (Lipinski definition) is 4. The van der Waals surface area contributed by atoms with Gasteiger partial charge in [-0.1, -0.05) is 0 Å². The SMILES string of the molecule is COc1ccc(N)cc1-c1nc(-c2ccc(F)cc2)n[nH]1. The highest BCUT2D eigenvalue weighted by Gasteiger charge is 2.12. The van der Waals surface area contributed by atoms with Crippen molar-refractivity contribution in [3.05, 3.63) is 48.3 Å². The second-order valence-corrected chi connectivity index (χ2v) is 4.47. The van der Waals surface area contributed by atoms with E-state index in [1.807, 2.05) is 0 Å². The third-order valence-electron chi connectivity index (χ3n) is 3.07. The van der Waals surface area contributed by atoms with E-state index in [9.17, 15) is 4.39 Å². The number of nitrogens with zero attached hydrogens (tertiary/aromatic N) is 2. The molecule has 0 aliphatic heterocycles. The summed E-state index contributed by atoms with van der Waals surface area (Å²) < 4.78 is 18.2. The van der Waals surface area contributed by atoms with Crippen LogP contribution in [0.4, 0.5) is 10.1 Å². The molecule has 0 radical (unpaired) electrons. The Morgan fingerprint density at radius 3 is 2.62 bits per heavy atom. The number of aromatic amines is 1. The van der Waals surface area contributed by atoms with Crippen LogP contribution in [0, 0.1) is 5.82 Å². The number of halogens is 1.